The molecule has 12 heteroatoms. The fourth-order valence-electron chi connectivity index (χ4n) is 3.82. The van der Waals surface area contributed by atoms with Gasteiger partial charge in [-0.3, -0.25) is 19.5 Å². The summed E-state index contributed by atoms with van der Waals surface area (Å²) in [5, 5.41) is 13.3. The zero-order valence-electron chi connectivity index (χ0n) is 20.9. The Morgan fingerprint density at radius 2 is 1.82 bits per heavy atom. The minimum atomic E-state index is -0.752. The molecule has 4 aromatic rings. The Bertz CT molecular complexity index is 1610. The maximum Gasteiger partial charge on any atom is 0.412 e. The molecule has 198 valence electrons. The minimum Gasteiger partial charge on any atom is -0.489 e. The van der Waals surface area contributed by atoms with Crippen LogP contribution in [0.25, 0.3) is 5.69 Å². The van der Waals surface area contributed by atoms with E-state index >= 15 is 0 Å². The number of benzene rings is 3. The van der Waals surface area contributed by atoms with Crippen LogP contribution < -0.4 is 25.8 Å². The van der Waals surface area contributed by atoms with E-state index in [9.17, 15) is 28.5 Å². The number of aromatic nitrogens is 1. The number of carbonyl (C=O) groups is 1. The molecule has 0 unspecified atom stereocenters. The highest BCUT2D eigenvalue weighted by Gasteiger charge is 2.14. The molecule has 1 amide bonds. The highest BCUT2D eigenvalue weighted by Crippen LogP contribution is 2.19. The minimum absolute atomic E-state index is 0.0941. The van der Waals surface area contributed by atoms with E-state index in [0.717, 1.165) is 12.1 Å². The van der Waals surface area contributed by atoms with E-state index < -0.39 is 22.7 Å². The van der Waals surface area contributed by atoms with Gasteiger partial charge in [0.1, 0.15) is 29.7 Å². The summed E-state index contributed by atoms with van der Waals surface area (Å²) in [5.74, 6) is -0.997. The number of non-ortho nitro benzene ring substituents is 1. The highest BCUT2D eigenvalue weighted by atomic mass is 19.1. The quantitative estimate of drug-likeness (QED) is 0.211. The molecular formula is C27H22BF2N3O6. The number of hydrogen-bond acceptors (Lipinski definition) is 6. The molecule has 1 heterocycles. The van der Waals surface area contributed by atoms with Gasteiger partial charge >= 0.3 is 6.09 Å². The fraction of sp³-hybridized carbons (Fsp3) is 0.111. The first-order valence-electron chi connectivity index (χ1n) is 11.7. The average molecular weight is 533 g/mol. The summed E-state index contributed by atoms with van der Waals surface area (Å²) in [4.78, 5) is 35.6. The smallest absolute Gasteiger partial charge is 0.412 e. The number of hydrogen-bond donors (Lipinski definition) is 1. The molecule has 0 saturated carbocycles. The van der Waals surface area contributed by atoms with Crippen molar-refractivity contribution < 1.29 is 28.0 Å². The van der Waals surface area contributed by atoms with Crippen molar-refractivity contribution >= 4 is 25.1 Å². The van der Waals surface area contributed by atoms with Crippen molar-refractivity contribution in [2.24, 2.45) is 0 Å². The van der Waals surface area contributed by atoms with Gasteiger partial charge in [0.25, 0.3) is 11.2 Å². The summed E-state index contributed by atoms with van der Waals surface area (Å²) in [6, 6.07) is 16.9. The molecule has 9 nitrogen and oxygen atoms in total. The van der Waals surface area contributed by atoms with Crippen LogP contribution in [0.3, 0.4) is 0 Å². The third kappa shape index (κ3) is 6.47. The molecule has 0 saturated heterocycles. The molecule has 0 aliphatic rings. The topological polar surface area (TPSA) is 113 Å². The number of nitro groups is 1. The van der Waals surface area contributed by atoms with Gasteiger partial charge in [0.05, 0.1) is 4.92 Å². The van der Waals surface area contributed by atoms with Gasteiger partial charge in [-0.05, 0) is 55.0 Å². The van der Waals surface area contributed by atoms with Gasteiger partial charge < -0.3 is 14.8 Å². The van der Waals surface area contributed by atoms with E-state index in [-0.39, 0.29) is 41.5 Å². The predicted molar refractivity (Wildman–Crippen MR) is 142 cm³/mol. The van der Waals surface area contributed by atoms with Crippen molar-refractivity contribution in [3.05, 3.63) is 122 Å². The summed E-state index contributed by atoms with van der Waals surface area (Å²) in [6.07, 6.45) is -0.752. The third-order valence-corrected chi connectivity index (χ3v) is 5.85. The number of nitrogens with one attached hydrogen (secondary N) is 1. The van der Waals surface area contributed by atoms with E-state index in [1.54, 1.807) is 45.1 Å². The number of halogens is 2. The molecule has 0 fully saturated rings. The third-order valence-electron chi connectivity index (χ3n) is 5.85. The fourth-order valence-corrected chi connectivity index (χ4v) is 3.82. The van der Waals surface area contributed by atoms with Crippen LogP contribution in [0.15, 0.2) is 77.6 Å². The Morgan fingerprint density at radius 3 is 2.51 bits per heavy atom. The maximum atomic E-state index is 14.0. The predicted octanol–water partition coefficient (Wildman–Crippen LogP) is 3.46. The first kappa shape index (κ1) is 27.1. The van der Waals surface area contributed by atoms with Gasteiger partial charge in [-0.1, -0.05) is 12.1 Å². The number of nitrogens with zero attached hydrogens (tertiary/aromatic N) is 2. The Morgan fingerprint density at radius 1 is 1.08 bits per heavy atom. The van der Waals surface area contributed by atoms with Crippen LogP contribution in [0.5, 0.6) is 11.5 Å². The Labute approximate surface area is 222 Å². The van der Waals surface area contributed by atoms with E-state index in [0.29, 0.717) is 22.4 Å². The van der Waals surface area contributed by atoms with Crippen LogP contribution in [0.1, 0.15) is 16.8 Å². The molecule has 0 aliphatic carbocycles. The normalized spacial score (nSPS) is 10.6. The largest absolute Gasteiger partial charge is 0.489 e. The molecule has 39 heavy (non-hydrogen) atoms. The molecule has 0 aliphatic heterocycles. The van der Waals surface area contributed by atoms with Gasteiger partial charge in [0.15, 0.2) is 7.85 Å². The summed E-state index contributed by atoms with van der Waals surface area (Å²) < 4.78 is 39.4. The number of carbonyl (C=O) groups excluding carboxylic acids is 1. The number of rotatable bonds is 8. The van der Waals surface area contributed by atoms with Gasteiger partial charge in [-0.15, -0.1) is 0 Å². The first-order valence-corrected chi connectivity index (χ1v) is 11.7. The van der Waals surface area contributed by atoms with Crippen LogP contribution in [0.4, 0.5) is 19.3 Å². The molecule has 3 aromatic carbocycles. The Balaban J connectivity index is 1.45. The van der Waals surface area contributed by atoms with Crippen LogP contribution in [0.2, 0.25) is 0 Å². The monoisotopic (exact) mass is 533 g/mol. The number of pyridine rings is 1. The van der Waals surface area contributed by atoms with Crippen LogP contribution in [-0.4, -0.2) is 23.4 Å². The summed E-state index contributed by atoms with van der Waals surface area (Å²) in [6.45, 7) is 1.64. The van der Waals surface area contributed by atoms with Crippen LogP contribution >= 0.6 is 0 Å². The van der Waals surface area contributed by atoms with Crippen molar-refractivity contribution in [2.75, 3.05) is 0 Å². The van der Waals surface area contributed by atoms with E-state index in [2.05, 4.69) is 5.32 Å². The highest BCUT2D eigenvalue weighted by molar-refractivity contribution is 6.34. The summed E-state index contributed by atoms with van der Waals surface area (Å²) in [5.41, 5.74) is 1.80. The lowest BCUT2D eigenvalue weighted by Crippen LogP contribution is -2.36. The zero-order chi connectivity index (χ0) is 28.1. The number of nitro benzene ring substituents is 1. The summed E-state index contributed by atoms with van der Waals surface area (Å²) in [7, 11) is 1.59. The zero-order valence-corrected chi connectivity index (χ0v) is 20.9. The average Bonchev–Trinajstić information content (AvgIpc) is 2.90. The lowest BCUT2D eigenvalue weighted by molar-refractivity contribution is -0.384. The van der Waals surface area contributed by atoms with Gasteiger partial charge in [0.2, 0.25) is 0 Å². The van der Waals surface area contributed by atoms with E-state index in [1.165, 1.54) is 34.9 Å². The van der Waals surface area contributed by atoms with Crippen molar-refractivity contribution in [1.82, 2.24) is 9.88 Å². The van der Waals surface area contributed by atoms with Crippen molar-refractivity contribution in [3.8, 4) is 17.2 Å². The second-order valence-electron chi connectivity index (χ2n) is 8.60. The maximum absolute atomic E-state index is 14.0. The number of ether oxygens (including phenoxy) is 2. The van der Waals surface area contributed by atoms with Gasteiger partial charge in [0, 0.05) is 47.2 Å². The summed E-state index contributed by atoms with van der Waals surface area (Å²) >= 11 is 0. The SMILES string of the molecule is Bc1c(OCc2ccc(F)cc2F)cc(C)n(-c2cccc(CNC(=O)Oc3ccc([N+](=O)[O-])cc3)c2)c1=O. The number of amides is 1. The van der Waals surface area contributed by atoms with Gasteiger partial charge in [-0.2, -0.15) is 0 Å². The molecule has 0 radical (unpaired) electrons. The second-order valence-corrected chi connectivity index (χ2v) is 8.60. The van der Waals surface area contributed by atoms with Crippen LogP contribution in [-0.2, 0) is 13.2 Å². The molecule has 1 aromatic heterocycles. The second kappa shape index (κ2) is 11.6. The van der Waals surface area contributed by atoms with Gasteiger partial charge in [-0.25, -0.2) is 13.6 Å². The Hall–Kier alpha value is -5.00. The van der Waals surface area contributed by atoms with Crippen LogP contribution in [0, 0.1) is 28.7 Å². The molecule has 0 bridgehead atoms. The molecule has 0 atom stereocenters. The standard InChI is InChI=1S/C27H22BF2N3O6/c1-16-11-24(38-15-18-5-6-19(29)13-23(18)30)25(28)26(34)32(16)21-4-2-3-17(12-21)14-31-27(35)39-22-9-7-20(8-10-22)33(36)37/h2-13H,14-15,28H2,1H3,(H,31,35). The van der Waals surface area contributed by atoms with Crippen molar-refractivity contribution in [1.29, 1.82) is 0 Å². The Kier molecular flexibility index (Phi) is 8.04. The molecule has 1 N–H and O–H groups in total. The lowest BCUT2D eigenvalue weighted by Gasteiger charge is -2.16. The molecule has 0 spiro atoms. The first-order chi connectivity index (χ1) is 18.6. The van der Waals surface area contributed by atoms with E-state index in [4.69, 9.17) is 9.47 Å². The number of aryl methyl sites for hydroxylation is 1. The van der Waals surface area contributed by atoms with Crippen molar-refractivity contribution in [2.45, 2.75) is 20.1 Å². The molecular weight excluding hydrogens is 511 g/mol. The molecule has 4 rings (SSSR count). The lowest BCUT2D eigenvalue weighted by atomic mass is 9.96. The van der Waals surface area contributed by atoms with E-state index in [1.807, 2.05) is 0 Å². The van der Waals surface area contributed by atoms with Crippen molar-refractivity contribution in [3.63, 3.8) is 0 Å².